The standard InChI is InChI=1S/C21H21FN4O2S/c1-15-13-25(11-12-28-15)19(27)14-29-21-24-23-20(16-7-9-17(22)10-8-16)26(21)18-5-3-2-4-6-18/h2-10,15H,11-14H2,1H3. The van der Waals surface area contributed by atoms with Crippen LogP contribution in [0.4, 0.5) is 4.39 Å². The predicted molar refractivity (Wildman–Crippen MR) is 109 cm³/mol. The van der Waals surface area contributed by atoms with Gasteiger partial charge in [0.2, 0.25) is 5.91 Å². The molecular formula is C21H21FN4O2S. The third-order valence-corrected chi connectivity index (χ3v) is 5.58. The van der Waals surface area contributed by atoms with Gasteiger partial charge in [-0.1, -0.05) is 30.0 Å². The smallest absolute Gasteiger partial charge is 0.233 e. The van der Waals surface area contributed by atoms with Crippen molar-refractivity contribution in [3.63, 3.8) is 0 Å². The van der Waals surface area contributed by atoms with E-state index in [0.717, 1.165) is 11.3 Å². The fraction of sp³-hybridized carbons (Fsp3) is 0.286. The van der Waals surface area contributed by atoms with Gasteiger partial charge in [0.05, 0.1) is 18.5 Å². The molecule has 1 aliphatic rings. The number of para-hydroxylation sites is 1. The molecule has 3 aromatic rings. The lowest BCUT2D eigenvalue weighted by atomic mass is 10.2. The second-order valence-electron chi connectivity index (χ2n) is 6.79. The Bertz CT molecular complexity index is 978. The quantitative estimate of drug-likeness (QED) is 0.601. The lowest BCUT2D eigenvalue weighted by Gasteiger charge is -2.31. The lowest BCUT2D eigenvalue weighted by Crippen LogP contribution is -2.45. The van der Waals surface area contributed by atoms with E-state index in [9.17, 15) is 9.18 Å². The summed E-state index contributed by atoms with van der Waals surface area (Å²) >= 11 is 1.35. The maximum Gasteiger partial charge on any atom is 0.233 e. The normalized spacial score (nSPS) is 16.8. The van der Waals surface area contributed by atoms with Crippen LogP contribution in [0.15, 0.2) is 59.8 Å². The number of amides is 1. The van der Waals surface area contributed by atoms with Gasteiger partial charge in [-0.3, -0.25) is 9.36 Å². The van der Waals surface area contributed by atoms with Crippen molar-refractivity contribution in [3.05, 3.63) is 60.4 Å². The summed E-state index contributed by atoms with van der Waals surface area (Å²) in [4.78, 5) is 14.5. The summed E-state index contributed by atoms with van der Waals surface area (Å²) in [6.07, 6.45) is 0.0516. The van der Waals surface area contributed by atoms with Gasteiger partial charge in [-0.25, -0.2) is 4.39 Å². The first kappa shape index (κ1) is 19.6. The largest absolute Gasteiger partial charge is 0.375 e. The third kappa shape index (κ3) is 4.49. The molecule has 2 aromatic carbocycles. The number of benzene rings is 2. The van der Waals surface area contributed by atoms with Gasteiger partial charge in [0.1, 0.15) is 5.82 Å². The van der Waals surface area contributed by atoms with Crippen LogP contribution in [0, 0.1) is 5.82 Å². The summed E-state index contributed by atoms with van der Waals surface area (Å²) in [7, 11) is 0. The van der Waals surface area contributed by atoms with Crippen LogP contribution >= 0.6 is 11.8 Å². The Morgan fingerprint density at radius 1 is 1.17 bits per heavy atom. The number of hydrogen-bond donors (Lipinski definition) is 0. The number of carbonyl (C=O) groups is 1. The van der Waals surface area contributed by atoms with Crippen molar-refractivity contribution in [1.29, 1.82) is 0 Å². The summed E-state index contributed by atoms with van der Waals surface area (Å²) in [6, 6.07) is 15.8. The Morgan fingerprint density at radius 3 is 2.66 bits per heavy atom. The zero-order valence-corrected chi connectivity index (χ0v) is 16.8. The molecule has 0 N–H and O–H groups in total. The molecule has 0 saturated carbocycles. The molecule has 1 unspecified atom stereocenters. The van der Waals surface area contributed by atoms with Crippen molar-refractivity contribution in [3.8, 4) is 17.1 Å². The highest BCUT2D eigenvalue weighted by molar-refractivity contribution is 7.99. The molecule has 1 saturated heterocycles. The zero-order chi connectivity index (χ0) is 20.2. The summed E-state index contributed by atoms with van der Waals surface area (Å²) < 4.78 is 20.7. The summed E-state index contributed by atoms with van der Waals surface area (Å²) in [5.41, 5.74) is 1.63. The molecule has 0 radical (unpaired) electrons. The Labute approximate surface area is 172 Å². The Morgan fingerprint density at radius 2 is 1.93 bits per heavy atom. The highest BCUT2D eigenvalue weighted by Gasteiger charge is 2.23. The molecule has 1 amide bonds. The highest BCUT2D eigenvalue weighted by Crippen LogP contribution is 2.28. The number of halogens is 1. The molecule has 1 aromatic heterocycles. The third-order valence-electron chi connectivity index (χ3n) is 4.67. The number of ether oxygens (including phenoxy) is 1. The van der Waals surface area contributed by atoms with E-state index in [4.69, 9.17) is 4.74 Å². The molecule has 0 bridgehead atoms. The molecule has 1 aliphatic heterocycles. The fourth-order valence-corrected chi connectivity index (χ4v) is 4.08. The van der Waals surface area contributed by atoms with Gasteiger partial charge in [-0.05, 0) is 43.3 Å². The van der Waals surface area contributed by atoms with E-state index in [1.165, 1.54) is 23.9 Å². The molecule has 1 fully saturated rings. The second-order valence-corrected chi connectivity index (χ2v) is 7.74. The van der Waals surface area contributed by atoms with Gasteiger partial charge in [0.25, 0.3) is 0 Å². The molecule has 6 nitrogen and oxygen atoms in total. The minimum Gasteiger partial charge on any atom is -0.375 e. The summed E-state index contributed by atoms with van der Waals surface area (Å²) in [5, 5.41) is 9.25. The summed E-state index contributed by atoms with van der Waals surface area (Å²) in [5.74, 6) is 0.614. The summed E-state index contributed by atoms with van der Waals surface area (Å²) in [6.45, 7) is 3.74. The van der Waals surface area contributed by atoms with E-state index in [2.05, 4.69) is 10.2 Å². The number of aromatic nitrogens is 3. The van der Waals surface area contributed by atoms with Gasteiger partial charge in [-0.2, -0.15) is 0 Å². The van der Waals surface area contributed by atoms with Crippen LogP contribution in [0.1, 0.15) is 6.92 Å². The molecule has 1 atom stereocenters. The van der Waals surface area contributed by atoms with E-state index in [1.54, 1.807) is 12.1 Å². The Kier molecular flexibility index (Phi) is 5.92. The van der Waals surface area contributed by atoms with Crippen molar-refractivity contribution in [2.24, 2.45) is 0 Å². The highest BCUT2D eigenvalue weighted by atomic mass is 32.2. The first-order valence-corrected chi connectivity index (χ1v) is 10.4. The molecule has 29 heavy (non-hydrogen) atoms. The number of morpholine rings is 1. The van der Waals surface area contributed by atoms with Crippen LogP contribution < -0.4 is 0 Å². The lowest BCUT2D eigenvalue weighted by molar-refractivity contribution is -0.135. The van der Waals surface area contributed by atoms with Crippen LogP contribution in [-0.2, 0) is 9.53 Å². The van der Waals surface area contributed by atoms with Crippen molar-refractivity contribution >= 4 is 17.7 Å². The van der Waals surface area contributed by atoms with Crippen LogP contribution in [0.25, 0.3) is 17.1 Å². The fourth-order valence-electron chi connectivity index (χ4n) is 3.22. The van der Waals surface area contributed by atoms with Crippen molar-refractivity contribution in [1.82, 2.24) is 19.7 Å². The molecule has 0 aliphatic carbocycles. The molecular weight excluding hydrogens is 391 g/mol. The molecule has 150 valence electrons. The monoisotopic (exact) mass is 412 g/mol. The van der Waals surface area contributed by atoms with E-state index in [-0.39, 0.29) is 23.6 Å². The Balaban J connectivity index is 1.60. The van der Waals surface area contributed by atoms with Crippen molar-refractivity contribution in [2.45, 2.75) is 18.2 Å². The average Bonchev–Trinajstić information content (AvgIpc) is 3.17. The minimum absolute atomic E-state index is 0.0516. The van der Waals surface area contributed by atoms with Crippen molar-refractivity contribution < 1.29 is 13.9 Å². The zero-order valence-electron chi connectivity index (χ0n) is 16.0. The number of nitrogens with zero attached hydrogens (tertiary/aromatic N) is 4. The molecule has 0 spiro atoms. The molecule has 4 rings (SSSR count). The topological polar surface area (TPSA) is 60.2 Å². The number of carbonyl (C=O) groups excluding carboxylic acids is 1. The van der Waals surface area contributed by atoms with Gasteiger partial charge >= 0.3 is 0 Å². The second kappa shape index (κ2) is 8.75. The predicted octanol–water partition coefficient (Wildman–Crippen LogP) is 3.41. The first-order valence-electron chi connectivity index (χ1n) is 9.41. The average molecular weight is 412 g/mol. The first-order chi connectivity index (χ1) is 14.1. The number of thioether (sulfide) groups is 1. The number of rotatable bonds is 5. The van der Waals surface area contributed by atoms with E-state index < -0.39 is 0 Å². The van der Waals surface area contributed by atoms with Gasteiger partial charge in [0, 0.05) is 24.3 Å². The van der Waals surface area contributed by atoms with Crippen LogP contribution in [-0.4, -0.2) is 57.1 Å². The molecule has 2 heterocycles. The maximum atomic E-state index is 13.3. The van der Waals surface area contributed by atoms with E-state index in [0.29, 0.717) is 30.7 Å². The molecule has 8 heteroatoms. The van der Waals surface area contributed by atoms with Gasteiger partial charge in [-0.15, -0.1) is 10.2 Å². The van der Waals surface area contributed by atoms with Gasteiger partial charge < -0.3 is 9.64 Å². The number of hydrogen-bond acceptors (Lipinski definition) is 5. The maximum absolute atomic E-state index is 13.3. The van der Waals surface area contributed by atoms with Crippen LogP contribution in [0.2, 0.25) is 0 Å². The van der Waals surface area contributed by atoms with E-state index in [1.807, 2.05) is 46.7 Å². The van der Waals surface area contributed by atoms with E-state index >= 15 is 0 Å². The van der Waals surface area contributed by atoms with Crippen LogP contribution in [0.5, 0.6) is 0 Å². The Hall–Kier alpha value is -2.71. The SMILES string of the molecule is CC1CN(C(=O)CSc2nnc(-c3ccc(F)cc3)n2-c2ccccc2)CCO1. The minimum atomic E-state index is -0.306. The van der Waals surface area contributed by atoms with Crippen LogP contribution in [0.3, 0.4) is 0 Å². The van der Waals surface area contributed by atoms with Gasteiger partial charge in [0.15, 0.2) is 11.0 Å². The van der Waals surface area contributed by atoms with Crippen molar-refractivity contribution in [2.75, 3.05) is 25.4 Å².